The zero-order valence-corrected chi connectivity index (χ0v) is 13.5. The molecule has 3 rings (SSSR count). The van der Waals surface area contributed by atoms with Crippen LogP contribution >= 0.6 is 23.2 Å². The lowest BCUT2D eigenvalue weighted by molar-refractivity contribution is 0.414. The molecule has 0 saturated heterocycles. The Bertz CT molecular complexity index is 639. The molecule has 0 N–H and O–H groups in total. The highest BCUT2D eigenvalue weighted by Gasteiger charge is 2.28. The summed E-state index contributed by atoms with van der Waals surface area (Å²) in [6, 6.07) is 14.3. The van der Waals surface area contributed by atoms with Crippen LogP contribution in [0.2, 0.25) is 5.02 Å². The third-order valence-electron chi connectivity index (χ3n) is 4.27. The fraction of sp³-hybridized carbons (Fsp3) is 0.333. The van der Waals surface area contributed by atoms with Gasteiger partial charge in [-0.2, -0.15) is 0 Å². The van der Waals surface area contributed by atoms with Gasteiger partial charge >= 0.3 is 0 Å². The Kier molecular flexibility index (Phi) is 4.42. The fourth-order valence-corrected chi connectivity index (χ4v) is 3.97. The first kappa shape index (κ1) is 14.7. The van der Waals surface area contributed by atoms with Crippen molar-refractivity contribution in [3.05, 3.63) is 64.2 Å². The Labute approximate surface area is 135 Å². The molecule has 21 heavy (non-hydrogen) atoms. The summed E-state index contributed by atoms with van der Waals surface area (Å²) < 4.78 is 5.20. The average molecular weight is 321 g/mol. The monoisotopic (exact) mass is 320 g/mol. The lowest BCUT2D eigenvalue weighted by Crippen LogP contribution is -2.14. The quantitative estimate of drug-likeness (QED) is 0.654. The van der Waals surface area contributed by atoms with Gasteiger partial charge in [0.2, 0.25) is 0 Å². The lowest BCUT2D eigenvalue weighted by Gasteiger charge is -2.29. The van der Waals surface area contributed by atoms with Gasteiger partial charge in [-0.3, -0.25) is 0 Å². The van der Waals surface area contributed by atoms with E-state index in [2.05, 4.69) is 24.3 Å². The number of ether oxygens (including phenoxy) is 1. The van der Waals surface area contributed by atoms with E-state index >= 15 is 0 Å². The number of benzene rings is 2. The second kappa shape index (κ2) is 6.29. The Morgan fingerprint density at radius 1 is 1.19 bits per heavy atom. The van der Waals surface area contributed by atoms with E-state index in [9.17, 15) is 0 Å². The number of fused-ring (bicyclic) bond motifs is 1. The maximum atomic E-state index is 6.79. The molecule has 0 bridgehead atoms. The van der Waals surface area contributed by atoms with Crippen molar-refractivity contribution in [1.82, 2.24) is 0 Å². The summed E-state index contributed by atoms with van der Waals surface area (Å²) in [4.78, 5) is 0. The second-order valence-corrected chi connectivity index (χ2v) is 6.36. The van der Waals surface area contributed by atoms with Crippen LogP contribution in [0.25, 0.3) is 0 Å². The third-order valence-corrected chi connectivity index (χ3v) is 5.14. The third kappa shape index (κ3) is 2.90. The van der Waals surface area contributed by atoms with Crippen molar-refractivity contribution >= 4 is 23.2 Å². The summed E-state index contributed by atoms with van der Waals surface area (Å²) in [5.74, 6) is 1.08. The summed E-state index contributed by atoms with van der Waals surface area (Å²) in [5, 5.41) is 0.572. The zero-order valence-electron chi connectivity index (χ0n) is 12.0. The van der Waals surface area contributed by atoms with Crippen LogP contribution in [-0.2, 0) is 6.42 Å². The molecule has 2 unspecified atom stereocenters. The first-order valence-corrected chi connectivity index (χ1v) is 8.07. The first-order chi connectivity index (χ1) is 10.2. The molecule has 0 saturated carbocycles. The predicted molar refractivity (Wildman–Crippen MR) is 88.7 cm³/mol. The van der Waals surface area contributed by atoms with Crippen LogP contribution in [0.1, 0.15) is 40.8 Å². The number of hydrogen-bond donors (Lipinski definition) is 0. The maximum Gasteiger partial charge on any atom is 0.120 e. The summed E-state index contributed by atoms with van der Waals surface area (Å²) in [6.07, 6.45) is 3.43. The van der Waals surface area contributed by atoms with Gasteiger partial charge < -0.3 is 4.74 Å². The minimum absolute atomic E-state index is 0.107. The van der Waals surface area contributed by atoms with Crippen LogP contribution in [0, 0.1) is 0 Å². The highest BCUT2D eigenvalue weighted by molar-refractivity contribution is 6.33. The van der Waals surface area contributed by atoms with Crippen molar-refractivity contribution in [3.63, 3.8) is 0 Å². The van der Waals surface area contributed by atoms with Gasteiger partial charge in [0.1, 0.15) is 5.75 Å². The highest BCUT2D eigenvalue weighted by atomic mass is 35.5. The van der Waals surface area contributed by atoms with Crippen molar-refractivity contribution in [2.24, 2.45) is 0 Å². The molecule has 1 nitrogen and oxygen atoms in total. The summed E-state index contributed by atoms with van der Waals surface area (Å²) in [5.41, 5.74) is 3.78. The number of halogens is 2. The van der Waals surface area contributed by atoms with Gasteiger partial charge in [-0.1, -0.05) is 41.9 Å². The van der Waals surface area contributed by atoms with Crippen LogP contribution in [0.5, 0.6) is 5.75 Å². The van der Waals surface area contributed by atoms with Crippen molar-refractivity contribution < 1.29 is 4.74 Å². The van der Waals surface area contributed by atoms with Gasteiger partial charge in [-0.25, -0.2) is 0 Å². The number of methoxy groups -OCH3 is 1. The minimum Gasteiger partial charge on any atom is -0.497 e. The second-order valence-electron chi connectivity index (χ2n) is 5.49. The molecular formula is C18H18Cl2O. The molecular weight excluding hydrogens is 303 g/mol. The molecule has 0 radical (unpaired) electrons. The van der Waals surface area contributed by atoms with E-state index in [-0.39, 0.29) is 5.38 Å². The molecule has 2 aromatic carbocycles. The minimum atomic E-state index is -0.107. The van der Waals surface area contributed by atoms with E-state index < -0.39 is 0 Å². The largest absolute Gasteiger partial charge is 0.497 e. The molecule has 0 spiro atoms. The van der Waals surface area contributed by atoms with E-state index in [0.29, 0.717) is 10.9 Å². The lowest BCUT2D eigenvalue weighted by atomic mass is 9.79. The van der Waals surface area contributed by atoms with Crippen LogP contribution in [0.4, 0.5) is 0 Å². The normalized spacial score (nSPS) is 18.9. The molecule has 1 aliphatic carbocycles. The van der Waals surface area contributed by atoms with Gasteiger partial charge in [0, 0.05) is 10.9 Å². The highest BCUT2D eigenvalue weighted by Crippen LogP contribution is 2.46. The fourth-order valence-electron chi connectivity index (χ4n) is 3.17. The van der Waals surface area contributed by atoms with Gasteiger partial charge in [0.05, 0.1) is 12.5 Å². The van der Waals surface area contributed by atoms with E-state index in [1.54, 1.807) is 7.11 Å². The molecule has 110 valence electrons. The first-order valence-electron chi connectivity index (χ1n) is 7.26. The smallest absolute Gasteiger partial charge is 0.120 e. The molecule has 1 aliphatic rings. The van der Waals surface area contributed by atoms with Crippen LogP contribution < -0.4 is 4.74 Å². The van der Waals surface area contributed by atoms with Crippen LogP contribution in [0.15, 0.2) is 42.5 Å². The number of alkyl halides is 1. The molecule has 0 fully saturated rings. The Balaban J connectivity index is 1.94. The van der Waals surface area contributed by atoms with E-state index in [1.807, 2.05) is 18.2 Å². The average Bonchev–Trinajstić information content (AvgIpc) is 2.53. The van der Waals surface area contributed by atoms with Gasteiger partial charge in [0.25, 0.3) is 0 Å². The van der Waals surface area contributed by atoms with Gasteiger partial charge in [-0.15, -0.1) is 11.6 Å². The van der Waals surface area contributed by atoms with Crippen molar-refractivity contribution in [1.29, 1.82) is 0 Å². The van der Waals surface area contributed by atoms with Gasteiger partial charge in [0.15, 0.2) is 0 Å². The standard InChI is InChI=1S/C18H18Cl2O/c1-21-13-9-10-16(17(19)11-13)18(20)15-8-4-6-12-5-2-3-7-14(12)15/h2-3,5,7,9-11,15,18H,4,6,8H2,1H3. The van der Waals surface area contributed by atoms with E-state index in [0.717, 1.165) is 24.2 Å². The molecule has 0 aromatic heterocycles. The number of aryl methyl sites for hydroxylation is 1. The molecule has 0 amide bonds. The summed E-state index contributed by atoms with van der Waals surface area (Å²) >= 11 is 13.2. The maximum absolute atomic E-state index is 6.79. The SMILES string of the molecule is COc1ccc(C(Cl)C2CCCc3ccccc32)c(Cl)c1. The summed E-state index contributed by atoms with van der Waals surface area (Å²) in [7, 11) is 1.64. The van der Waals surface area contributed by atoms with Crippen LogP contribution in [-0.4, -0.2) is 7.11 Å². The molecule has 3 heteroatoms. The molecule has 2 atom stereocenters. The Morgan fingerprint density at radius 2 is 2.00 bits per heavy atom. The molecule has 0 aliphatic heterocycles. The topological polar surface area (TPSA) is 9.23 Å². The Morgan fingerprint density at radius 3 is 2.76 bits per heavy atom. The van der Waals surface area contributed by atoms with Crippen molar-refractivity contribution in [3.8, 4) is 5.75 Å². The van der Waals surface area contributed by atoms with E-state index in [4.69, 9.17) is 27.9 Å². The van der Waals surface area contributed by atoms with Gasteiger partial charge in [-0.05, 0) is 48.1 Å². The number of rotatable bonds is 3. The van der Waals surface area contributed by atoms with E-state index in [1.165, 1.54) is 17.5 Å². The zero-order chi connectivity index (χ0) is 14.8. The summed E-state index contributed by atoms with van der Waals surface area (Å²) in [6.45, 7) is 0. The molecule has 0 heterocycles. The number of hydrogen-bond acceptors (Lipinski definition) is 1. The van der Waals surface area contributed by atoms with Crippen molar-refractivity contribution in [2.45, 2.75) is 30.6 Å². The Hall–Kier alpha value is -1.18. The van der Waals surface area contributed by atoms with Crippen LogP contribution in [0.3, 0.4) is 0 Å². The predicted octanol–water partition coefficient (Wildman–Crippen LogP) is 5.75. The molecule has 2 aromatic rings. The van der Waals surface area contributed by atoms with Crippen molar-refractivity contribution in [2.75, 3.05) is 7.11 Å².